The summed E-state index contributed by atoms with van der Waals surface area (Å²) in [5, 5.41) is 9.66. The maximum absolute atomic E-state index is 11.6. The third-order valence-electron chi connectivity index (χ3n) is 4.34. The Bertz CT molecular complexity index is 380. The molecule has 1 saturated heterocycles. The van der Waals surface area contributed by atoms with Gasteiger partial charge in [-0.25, -0.2) is 4.99 Å². The quantitative estimate of drug-likeness (QED) is 0.336. The average molecular weight is 438 g/mol. The van der Waals surface area contributed by atoms with Crippen LogP contribution in [0.25, 0.3) is 0 Å². The van der Waals surface area contributed by atoms with Crippen molar-refractivity contribution in [2.24, 2.45) is 4.99 Å². The predicted octanol–water partition coefficient (Wildman–Crippen LogP) is 1.79. The molecule has 1 aliphatic carbocycles. The molecule has 0 bridgehead atoms. The van der Waals surface area contributed by atoms with E-state index in [9.17, 15) is 4.79 Å². The molecule has 0 aromatic rings. The largest absolute Gasteiger partial charge is 0.376 e. The van der Waals surface area contributed by atoms with Crippen LogP contribution < -0.4 is 16.0 Å². The molecule has 0 radical (unpaired) electrons. The van der Waals surface area contributed by atoms with Crippen LogP contribution in [0, 0.1) is 0 Å². The standard InChI is InChI=1S/C16H30N4O2.HI/c1-3-17-15(21)11-18-16(20-13-7-4-5-8-13)19-12(2)14-9-6-10-22-14;/h12-14H,3-11H2,1-2H3,(H,17,21)(H2,18,19,20);1H. The number of ether oxygens (including phenoxy) is 1. The van der Waals surface area contributed by atoms with Crippen LogP contribution in [-0.2, 0) is 9.53 Å². The lowest BCUT2D eigenvalue weighted by Gasteiger charge is -2.24. The Morgan fingerprint density at radius 1 is 1.26 bits per heavy atom. The van der Waals surface area contributed by atoms with E-state index in [4.69, 9.17) is 4.74 Å². The zero-order valence-corrected chi connectivity index (χ0v) is 16.6. The number of likely N-dealkylation sites (N-methyl/N-ethyl adjacent to an activating group) is 1. The second-order valence-corrected chi connectivity index (χ2v) is 6.23. The molecule has 2 fully saturated rings. The molecule has 0 aromatic heterocycles. The molecule has 1 saturated carbocycles. The number of hydrogen-bond donors (Lipinski definition) is 3. The van der Waals surface area contributed by atoms with E-state index >= 15 is 0 Å². The number of aliphatic imine (C=N–C) groups is 1. The first kappa shape index (κ1) is 20.5. The van der Waals surface area contributed by atoms with Crippen LogP contribution in [0.3, 0.4) is 0 Å². The highest BCUT2D eigenvalue weighted by atomic mass is 127. The number of halogens is 1. The van der Waals surface area contributed by atoms with Gasteiger partial charge in [-0.05, 0) is 39.5 Å². The topological polar surface area (TPSA) is 74.8 Å². The fourth-order valence-corrected chi connectivity index (χ4v) is 3.11. The minimum absolute atomic E-state index is 0. The van der Waals surface area contributed by atoms with Gasteiger partial charge in [0.2, 0.25) is 5.91 Å². The number of amides is 1. The van der Waals surface area contributed by atoms with Crippen molar-refractivity contribution < 1.29 is 9.53 Å². The fourth-order valence-electron chi connectivity index (χ4n) is 3.11. The molecule has 0 spiro atoms. The van der Waals surface area contributed by atoms with Crippen molar-refractivity contribution in [3.8, 4) is 0 Å². The number of guanidine groups is 1. The lowest BCUT2D eigenvalue weighted by atomic mass is 10.1. The van der Waals surface area contributed by atoms with Crippen molar-refractivity contribution in [1.29, 1.82) is 0 Å². The number of nitrogens with zero attached hydrogens (tertiary/aromatic N) is 1. The van der Waals surface area contributed by atoms with E-state index in [1.54, 1.807) is 0 Å². The molecule has 3 N–H and O–H groups in total. The summed E-state index contributed by atoms with van der Waals surface area (Å²) in [5.41, 5.74) is 0. The van der Waals surface area contributed by atoms with E-state index in [1.807, 2.05) is 6.92 Å². The molecule has 23 heavy (non-hydrogen) atoms. The van der Waals surface area contributed by atoms with Gasteiger partial charge < -0.3 is 20.7 Å². The Kier molecular flexibility index (Phi) is 9.85. The van der Waals surface area contributed by atoms with Crippen LogP contribution >= 0.6 is 24.0 Å². The Balaban J connectivity index is 0.00000264. The van der Waals surface area contributed by atoms with Gasteiger partial charge in [-0.15, -0.1) is 24.0 Å². The lowest BCUT2D eigenvalue weighted by molar-refractivity contribution is -0.119. The van der Waals surface area contributed by atoms with Crippen molar-refractivity contribution >= 4 is 35.8 Å². The maximum Gasteiger partial charge on any atom is 0.241 e. The molecule has 2 aliphatic rings. The molecule has 2 rings (SSSR count). The Hall–Kier alpha value is -0.570. The highest BCUT2D eigenvalue weighted by Crippen LogP contribution is 2.18. The second kappa shape index (κ2) is 11.1. The number of carbonyl (C=O) groups is 1. The lowest BCUT2D eigenvalue weighted by Crippen LogP contribution is -2.49. The van der Waals surface area contributed by atoms with Crippen molar-refractivity contribution in [3.05, 3.63) is 0 Å². The monoisotopic (exact) mass is 438 g/mol. The first-order chi connectivity index (χ1) is 10.7. The van der Waals surface area contributed by atoms with E-state index in [0.717, 1.165) is 25.4 Å². The van der Waals surface area contributed by atoms with Gasteiger partial charge in [-0.2, -0.15) is 0 Å². The molecule has 1 heterocycles. The van der Waals surface area contributed by atoms with Crippen molar-refractivity contribution in [3.63, 3.8) is 0 Å². The zero-order chi connectivity index (χ0) is 15.8. The molecule has 7 heteroatoms. The second-order valence-electron chi connectivity index (χ2n) is 6.23. The molecular formula is C16H31IN4O2. The van der Waals surface area contributed by atoms with E-state index < -0.39 is 0 Å². The van der Waals surface area contributed by atoms with Crippen LogP contribution in [0.2, 0.25) is 0 Å². The minimum atomic E-state index is -0.0419. The zero-order valence-electron chi connectivity index (χ0n) is 14.3. The molecule has 2 atom stereocenters. The first-order valence-electron chi connectivity index (χ1n) is 8.65. The van der Waals surface area contributed by atoms with Gasteiger partial charge in [0.05, 0.1) is 12.1 Å². The summed E-state index contributed by atoms with van der Waals surface area (Å²) in [4.78, 5) is 16.1. The normalized spacial score (nSPS) is 23.2. The molecule has 1 aliphatic heterocycles. The van der Waals surface area contributed by atoms with Gasteiger partial charge in [0.15, 0.2) is 5.96 Å². The van der Waals surface area contributed by atoms with Crippen molar-refractivity contribution in [2.75, 3.05) is 19.7 Å². The third kappa shape index (κ3) is 7.24. The summed E-state index contributed by atoms with van der Waals surface area (Å²) < 4.78 is 5.73. The average Bonchev–Trinajstić information content (AvgIpc) is 3.18. The maximum atomic E-state index is 11.6. The Morgan fingerprint density at radius 3 is 2.61 bits per heavy atom. The minimum Gasteiger partial charge on any atom is -0.376 e. The molecule has 1 amide bonds. The fraction of sp³-hybridized carbons (Fsp3) is 0.875. The summed E-state index contributed by atoms with van der Waals surface area (Å²) in [5.74, 6) is 0.695. The summed E-state index contributed by atoms with van der Waals surface area (Å²) in [6.45, 7) is 5.68. The van der Waals surface area contributed by atoms with Gasteiger partial charge in [0, 0.05) is 19.2 Å². The van der Waals surface area contributed by atoms with Gasteiger partial charge in [-0.1, -0.05) is 12.8 Å². The van der Waals surface area contributed by atoms with E-state index in [1.165, 1.54) is 25.7 Å². The number of nitrogens with one attached hydrogen (secondary N) is 3. The van der Waals surface area contributed by atoms with E-state index in [-0.39, 0.29) is 48.6 Å². The third-order valence-corrected chi connectivity index (χ3v) is 4.34. The molecule has 6 nitrogen and oxygen atoms in total. The van der Waals surface area contributed by atoms with E-state index in [2.05, 4.69) is 27.9 Å². The van der Waals surface area contributed by atoms with Crippen molar-refractivity contribution in [1.82, 2.24) is 16.0 Å². The van der Waals surface area contributed by atoms with Crippen LogP contribution in [0.5, 0.6) is 0 Å². The van der Waals surface area contributed by atoms with E-state index in [0.29, 0.717) is 12.6 Å². The predicted molar refractivity (Wildman–Crippen MR) is 103 cm³/mol. The van der Waals surface area contributed by atoms with Crippen LogP contribution in [0.15, 0.2) is 4.99 Å². The highest BCUT2D eigenvalue weighted by molar-refractivity contribution is 14.0. The van der Waals surface area contributed by atoms with Crippen LogP contribution in [0.4, 0.5) is 0 Å². The van der Waals surface area contributed by atoms with Gasteiger partial charge in [0.25, 0.3) is 0 Å². The van der Waals surface area contributed by atoms with Gasteiger partial charge >= 0.3 is 0 Å². The SMILES string of the molecule is CCNC(=O)CN=C(NC1CCCC1)NC(C)C1CCCO1.I. The smallest absolute Gasteiger partial charge is 0.241 e. The van der Waals surface area contributed by atoms with Gasteiger partial charge in [-0.3, -0.25) is 4.79 Å². The summed E-state index contributed by atoms with van der Waals surface area (Å²) in [7, 11) is 0. The first-order valence-corrected chi connectivity index (χ1v) is 8.65. The Labute approximate surface area is 156 Å². The Morgan fingerprint density at radius 2 is 2.00 bits per heavy atom. The van der Waals surface area contributed by atoms with Crippen LogP contribution in [0.1, 0.15) is 52.4 Å². The molecule has 134 valence electrons. The number of hydrogen-bond acceptors (Lipinski definition) is 3. The van der Waals surface area contributed by atoms with Crippen molar-refractivity contribution in [2.45, 2.75) is 70.6 Å². The number of rotatable bonds is 6. The highest BCUT2D eigenvalue weighted by Gasteiger charge is 2.24. The molecular weight excluding hydrogens is 407 g/mol. The summed E-state index contributed by atoms with van der Waals surface area (Å²) in [6, 6.07) is 0.668. The summed E-state index contributed by atoms with van der Waals surface area (Å²) >= 11 is 0. The van der Waals surface area contributed by atoms with Crippen LogP contribution in [-0.4, -0.2) is 49.8 Å². The summed E-state index contributed by atoms with van der Waals surface area (Å²) in [6.07, 6.45) is 7.33. The number of carbonyl (C=O) groups excluding carboxylic acids is 1. The van der Waals surface area contributed by atoms with Gasteiger partial charge in [0.1, 0.15) is 6.54 Å². The molecule has 0 aromatic carbocycles. The molecule has 2 unspecified atom stereocenters.